The number of aryl methyl sites for hydroxylation is 7. The van der Waals surface area contributed by atoms with Gasteiger partial charge in [-0.3, -0.25) is 52.9 Å². The molecule has 0 bridgehead atoms. The number of amides is 7. The molecule has 0 aromatic carbocycles. The van der Waals surface area contributed by atoms with Crippen molar-refractivity contribution in [3.05, 3.63) is 163 Å². The van der Waals surface area contributed by atoms with Crippen LogP contribution < -0.4 is 42.0 Å². The Hall–Kier alpha value is -9.65. The molecule has 7 aromatic heterocycles. The molecule has 0 atom stereocenters. The number of aromatic nitrogens is 11. The number of carbonyl (C=O) groups is 7. The number of piperidine rings is 7. The third kappa shape index (κ3) is 36.1. The number of rotatable bonds is 22. The third-order valence-electron chi connectivity index (χ3n) is 29.9. The van der Waals surface area contributed by atoms with Crippen LogP contribution in [0.25, 0.3) is 0 Å². The maximum absolute atomic E-state index is 13.8. The van der Waals surface area contributed by atoms with E-state index in [0.717, 1.165) is 210 Å². The maximum Gasteiger partial charge on any atom is 0.289 e. The van der Waals surface area contributed by atoms with Crippen LogP contribution in [0.5, 0.6) is 5.88 Å². The Bertz CT molecular complexity index is 5220. The lowest BCUT2D eigenvalue weighted by atomic mass is 9.88. The van der Waals surface area contributed by atoms with Gasteiger partial charge in [-0.2, -0.15) is 10.2 Å². The van der Waals surface area contributed by atoms with Gasteiger partial charge < -0.3 is 76.3 Å². The highest BCUT2D eigenvalue weighted by Gasteiger charge is 2.41. The lowest BCUT2D eigenvalue weighted by Crippen LogP contribution is -2.54. The highest BCUT2D eigenvalue weighted by atomic mass is 35.5. The number of hydrogen-bond acceptors (Lipinski definition) is 24. The number of halogens is 3. The number of hydrogen-bond donors (Lipinski definition) is 7. The Balaban J connectivity index is 0.000000205. The first-order valence-corrected chi connectivity index (χ1v) is 52.6. The highest BCUT2D eigenvalue weighted by Crippen LogP contribution is 2.33. The van der Waals surface area contributed by atoms with Gasteiger partial charge in [0.2, 0.25) is 11.7 Å². The first-order chi connectivity index (χ1) is 67.4. The minimum atomic E-state index is -0.637. The van der Waals surface area contributed by atoms with Crippen LogP contribution >= 0.6 is 23.2 Å². The lowest BCUT2D eigenvalue weighted by molar-refractivity contribution is 0.0782. The van der Waals surface area contributed by atoms with E-state index in [1.165, 1.54) is 31.8 Å². The first kappa shape index (κ1) is 120. The molecule has 798 valence electrons. The van der Waals surface area contributed by atoms with Gasteiger partial charge in [0.05, 0.1) is 68.8 Å². The van der Waals surface area contributed by atoms with E-state index < -0.39 is 11.7 Å². The lowest BCUT2D eigenvalue weighted by Gasteiger charge is -2.41. The molecule has 0 spiro atoms. The predicted molar refractivity (Wildman–Crippen MR) is 571 cm³/mol. The molecular weight excluding hydrogens is 1870 g/mol. The fourth-order valence-corrected chi connectivity index (χ4v) is 19.2. The number of nitrogens with one attached hydrogen (secondary N) is 7. The van der Waals surface area contributed by atoms with Crippen molar-refractivity contribution in [2.45, 2.75) is 358 Å². The molecule has 14 rings (SSSR count). The van der Waals surface area contributed by atoms with Crippen molar-refractivity contribution in [1.82, 2.24) is 126 Å². The van der Waals surface area contributed by atoms with Gasteiger partial charge in [0.25, 0.3) is 41.4 Å². The van der Waals surface area contributed by atoms with Crippen LogP contribution in [0.2, 0.25) is 10.0 Å². The number of methoxy groups -OCH3 is 1. The molecule has 7 fully saturated rings. The molecule has 7 aliphatic heterocycles. The Morgan fingerprint density at radius 3 is 1.03 bits per heavy atom. The van der Waals surface area contributed by atoms with Gasteiger partial charge >= 0.3 is 0 Å². The molecule has 7 amide bonds. The summed E-state index contributed by atoms with van der Waals surface area (Å²) in [7, 11) is 5.11. The van der Waals surface area contributed by atoms with Crippen molar-refractivity contribution in [2.75, 3.05) is 98.7 Å². The number of carbonyl (C=O) groups excluding carboxylic acids is 7. The second-order valence-corrected chi connectivity index (χ2v) is 45.3. The van der Waals surface area contributed by atoms with Crippen molar-refractivity contribution in [3.63, 3.8) is 0 Å². The third-order valence-corrected chi connectivity index (χ3v) is 30.4. The van der Waals surface area contributed by atoms with Crippen LogP contribution in [-0.4, -0.2) is 310 Å². The Kier molecular flexibility index (Phi) is 44.3. The van der Waals surface area contributed by atoms with E-state index in [4.69, 9.17) is 27.9 Å². The van der Waals surface area contributed by atoms with Crippen molar-refractivity contribution in [1.29, 1.82) is 0 Å². The molecule has 0 radical (unpaired) electrons. The van der Waals surface area contributed by atoms with Crippen LogP contribution in [0.4, 0.5) is 4.39 Å². The minimum absolute atomic E-state index is 0.00361. The van der Waals surface area contributed by atoms with E-state index in [2.05, 4.69) is 255 Å². The van der Waals surface area contributed by atoms with Gasteiger partial charge in [0, 0.05) is 240 Å². The summed E-state index contributed by atoms with van der Waals surface area (Å²) in [6.07, 6.45) is 24.5. The average molecular weight is 2040 g/mol. The quantitative estimate of drug-likeness (QED) is 0.0331. The van der Waals surface area contributed by atoms with E-state index in [0.29, 0.717) is 85.8 Å². The molecule has 36 heteroatoms. The van der Waals surface area contributed by atoms with Gasteiger partial charge in [0.15, 0.2) is 11.5 Å². The molecule has 0 unspecified atom stereocenters. The zero-order chi connectivity index (χ0) is 107. The molecule has 7 N–H and O–H groups in total. The zero-order valence-corrected chi connectivity index (χ0v) is 93.7. The molecule has 7 aliphatic rings. The van der Waals surface area contributed by atoms with E-state index in [-0.39, 0.29) is 91.6 Å². The summed E-state index contributed by atoms with van der Waals surface area (Å²) in [5.74, 6) is -1.06. The molecule has 7 saturated heterocycles. The molecule has 0 aliphatic carbocycles. The van der Waals surface area contributed by atoms with E-state index >= 15 is 0 Å². The minimum Gasteiger partial charge on any atom is -0.481 e. The monoisotopic (exact) mass is 2040 g/mol. The van der Waals surface area contributed by atoms with E-state index in [1.807, 2.05) is 68.6 Å². The molecule has 33 nitrogen and oxygen atoms in total. The van der Waals surface area contributed by atoms with Crippen LogP contribution in [-0.2, 0) is 14.1 Å². The van der Waals surface area contributed by atoms with E-state index in [1.54, 1.807) is 52.5 Å². The predicted octanol–water partition coefficient (Wildman–Crippen LogP) is 15.3. The number of likely N-dealkylation sites (tertiary alicyclic amines) is 7. The molecule has 7 aromatic rings. The smallest absolute Gasteiger partial charge is 0.289 e. The van der Waals surface area contributed by atoms with E-state index in [9.17, 15) is 38.0 Å². The SMILES string of the molecule is CC(C)N1CCC(C)(NC(=O)c2cnn(C)c2)CC1.COc1ccc(F)c(C(=O)NC2(C)CCN(C(C)C)CC2)n1.Cc1c(C(=O)NC2(C)CCN(C(C)C)CC2)cnn1C.Cc1cc(C(=O)NC2(C)CCN(C(C)C)CC2)c(Cl)cn1.Cc1cc(C)nc(C(=O)NC2(C)CCN(C(C)C)CC2)n1.Cc1ncc(Cl)cc1C(=O)NC1(C)CCN(C(C)C)CC1.Cc1ncncc1C(=O)NC1(C)CCN(C(C)C)CC1. The Morgan fingerprint density at radius 1 is 0.361 bits per heavy atom. The number of ether oxygens (including phenoxy) is 1. The van der Waals surface area contributed by atoms with Crippen LogP contribution in [0.15, 0.2) is 73.8 Å². The Labute approximate surface area is 868 Å². The second kappa shape index (κ2) is 53.3. The van der Waals surface area contributed by atoms with Crippen LogP contribution in [0.1, 0.15) is 342 Å². The van der Waals surface area contributed by atoms with Gasteiger partial charge in [-0.15, -0.1) is 0 Å². The van der Waals surface area contributed by atoms with Crippen LogP contribution in [0, 0.1) is 47.4 Å². The molecule has 144 heavy (non-hydrogen) atoms. The maximum atomic E-state index is 13.8. The first-order valence-electron chi connectivity index (χ1n) is 51.8. The fourth-order valence-electron chi connectivity index (χ4n) is 18.8. The summed E-state index contributed by atoms with van der Waals surface area (Å²) in [5, 5.41) is 31.0. The summed E-state index contributed by atoms with van der Waals surface area (Å²) in [5.41, 5.74) is 6.38. The Morgan fingerprint density at radius 2 is 0.694 bits per heavy atom. The fraction of sp³-hybridized carbons (Fsp3) is 0.667. The summed E-state index contributed by atoms with van der Waals surface area (Å²) in [6.45, 7) is 71.0. The topological polar surface area (TPSA) is 361 Å². The standard InChI is InChI=1S/2C16H24ClN3O.C16H24FN3O2.C16H26N4O.C15H26N4O.C15H24N4O.C14H24N4O/c1-11(2)20-7-5-16(4,6-8-20)19-15(21)14-9-13(17)10-18-12(14)3;1-11(2)20-7-5-16(4,6-8-20)19-15(21)13-9-12(3)18-10-14(13)17;1-11(2)20-9-7-16(3,8-10-20)19-15(21)14-12(17)5-6-13(18-14)22-4;1-11(2)20-8-6-16(5,7-9-20)19-15(21)14-17-12(3)10-13(4)18-14;1-11(2)19-8-6-15(4,7-9-19)17-14(20)13-10-16-18(5)12(13)3;1-11(2)19-7-5-15(4,6-8-19)18-14(20)13-9-16-10-17-12(13)3;1-11(2)18-7-5-14(3,6-8-18)16-13(19)12-9-15-17(4)10-12/h2*9-11H,5-8H2,1-4H3,(H,19,21);5-6,11H,7-10H2,1-4H3,(H,19,21);10-11H,6-9H2,1-5H3,(H,19,21);10-11H,6-9H2,1-5H3,(H,17,20);9-11H,5-8H2,1-4H3,(H,18,20);9-11H,5-8H2,1-4H3,(H,16,19). The normalized spacial score (nSPS) is 18.9. The van der Waals surface area contributed by atoms with Gasteiger partial charge in [-0.05, 0) is 301 Å². The summed E-state index contributed by atoms with van der Waals surface area (Å²) < 4.78 is 22.2. The highest BCUT2D eigenvalue weighted by molar-refractivity contribution is 6.33. The van der Waals surface area contributed by atoms with Gasteiger partial charge in [0.1, 0.15) is 6.33 Å². The van der Waals surface area contributed by atoms with Crippen molar-refractivity contribution < 1.29 is 42.7 Å². The zero-order valence-electron chi connectivity index (χ0n) is 92.2. The van der Waals surface area contributed by atoms with Crippen LogP contribution in [0.3, 0.4) is 0 Å². The van der Waals surface area contributed by atoms with Gasteiger partial charge in [-0.25, -0.2) is 29.3 Å². The van der Waals surface area contributed by atoms with Crippen molar-refractivity contribution >= 4 is 64.6 Å². The molecule has 0 saturated carbocycles. The largest absolute Gasteiger partial charge is 0.481 e. The van der Waals surface area contributed by atoms with Crippen molar-refractivity contribution in [2.24, 2.45) is 14.1 Å². The summed E-state index contributed by atoms with van der Waals surface area (Å²) >= 11 is 12.0. The average Bonchev–Trinajstić information content (AvgIpc) is 1.34. The second-order valence-electron chi connectivity index (χ2n) is 44.5. The van der Waals surface area contributed by atoms with Crippen molar-refractivity contribution in [3.8, 4) is 5.88 Å². The molecule has 14 heterocycles. The number of nitrogens with zero attached hydrogens (tertiary/aromatic N) is 18. The molecular formula is C108H172Cl2FN25O8. The summed E-state index contributed by atoms with van der Waals surface area (Å²) in [6, 6.07) is 11.8. The summed E-state index contributed by atoms with van der Waals surface area (Å²) in [4.78, 5) is 132. The number of pyridine rings is 3. The van der Waals surface area contributed by atoms with Gasteiger partial charge in [-0.1, -0.05) is 23.2 Å².